The van der Waals surface area contributed by atoms with E-state index in [0.29, 0.717) is 0 Å². The van der Waals surface area contributed by atoms with Gasteiger partial charge in [-0.3, -0.25) is 9.52 Å². The summed E-state index contributed by atoms with van der Waals surface area (Å²) in [5.41, 5.74) is 0. The molecule has 0 heterocycles. The van der Waals surface area contributed by atoms with Gasteiger partial charge in [0.05, 0.1) is 0 Å². The van der Waals surface area contributed by atoms with Crippen molar-refractivity contribution in [3.8, 4) is 12.3 Å². The molecular formula is C3H3NOS2. The molecule has 4 heteroatoms. The summed E-state index contributed by atoms with van der Waals surface area (Å²) in [6, 6.07) is 0. The van der Waals surface area contributed by atoms with E-state index in [1.807, 2.05) is 5.92 Å². The standard InChI is InChI=1S/C3H3NOS2/c1-2-3(5)4-7-6/h1,6H,(H,4,5). The SMILES string of the molecule is C#CC(=O)NSS. The van der Waals surface area contributed by atoms with E-state index < -0.39 is 5.91 Å². The molecule has 0 unspecified atom stereocenters. The van der Waals surface area contributed by atoms with E-state index >= 15 is 0 Å². The van der Waals surface area contributed by atoms with Crippen molar-refractivity contribution >= 4 is 28.5 Å². The number of amides is 1. The van der Waals surface area contributed by atoms with Crippen molar-refractivity contribution in [2.45, 2.75) is 0 Å². The van der Waals surface area contributed by atoms with E-state index in [9.17, 15) is 4.79 Å². The van der Waals surface area contributed by atoms with Gasteiger partial charge in [-0.1, -0.05) is 11.7 Å². The summed E-state index contributed by atoms with van der Waals surface area (Å²) in [5.74, 6) is 1.39. The van der Waals surface area contributed by atoms with Gasteiger partial charge < -0.3 is 0 Å². The Morgan fingerprint density at radius 3 is 2.71 bits per heavy atom. The van der Waals surface area contributed by atoms with Gasteiger partial charge in [-0.2, -0.15) is 0 Å². The van der Waals surface area contributed by atoms with Crippen LogP contribution in [0.25, 0.3) is 0 Å². The zero-order valence-electron chi connectivity index (χ0n) is 3.34. The first-order chi connectivity index (χ1) is 3.31. The Labute approximate surface area is 51.0 Å². The van der Waals surface area contributed by atoms with Crippen LogP contribution >= 0.6 is 22.6 Å². The molecule has 0 fully saturated rings. The fourth-order valence-corrected chi connectivity index (χ4v) is 0.461. The third-order valence-corrected chi connectivity index (χ3v) is 0.820. The van der Waals surface area contributed by atoms with Crippen molar-refractivity contribution in [3.05, 3.63) is 0 Å². The molecule has 0 atom stereocenters. The zero-order chi connectivity index (χ0) is 5.70. The van der Waals surface area contributed by atoms with Crippen molar-refractivity contribution in [2.24, 2.45) is 0 Å². The summed E-state index contributed by atoms with van der Waals surface area (Å²) in [5, 5.41) is 0. The number of hydrogen-bond donors (Lipinski definition) is 2. The summed E-state index contributed by atoms with van der Waals surface area (Å²) in [6.45, 7) is 0. The minimum absolute atomic E-state index is 0.458. The maximum absolute atomic E-state index is 9.99. The monoisotopic (exact) mass is 133 g/mol. The van der Waals surface area contributed by atoms with Crippen LogP contribution in [0.4, 0.5) is 0 Å². The number of terminal acetylenes is 1. The average molecular weight is 133 g/mol. The van der Waals surface area contributed by atoms with Gasteiger partial charge >= 0.3 is 5.91 Å². The summed E-state index contributed by atoms with van der Waals surface area (Å²) >= 11 is 3.60. The quantitative estimate of drug-likeness (QED) is 0.232. The average Bonchev–Trinajstić information content (AvgIpc) is 1.68. The Morgan fingerprint density at radius 2 is 2.57 bits per heavy atom. The molecule has 0 rings (SSSR count). The normalized spacial score (nSPS) is 6.86. The van der Waals surface area contributed by atoms with E-state index in [1.165, 1.54) is 0 Å². The molecule has 0 aromatic rings. The number of carbonyl (C=O) groups is 1. The van der Waals surface area contributed by atoms with E-state index in [4.69, 9.17) is 0 Å². The molecule has 1 amide bonds. The minimum Gasteiger partial charge on any atom is -0.280 e. The van der Waals surface area contributed by atoms with Gasteiger partial charge in [0.25, 0.3) is 0 Å². The molecule has 38 valence electrons. The highest BCUT2D eigenvalue weighted by Crippen LogP contribution is 1.94. The maximum atomic E-state index is 9.99. The van der Waals surface area contributed by atoms with Gasteiger partial charge in [0.1, 0.15) is 0 Å². The van der Waals surface area contributed by atoms with Crippen LogP contribution in [0.3, 0.4) is 0 Å². The third-order valence-electron chi connectivity index (χ3n) is 0.269. The Kier molecular flexibility index (Phi) is 3.75. The van der Waals surface area contributed by atoms with E-state index in [0.717, 1.165) is 11.0 Å². The van der Waals surface area contributed by atoms with Crippen molar-refractivity contribution in [1.82, 2.24) is 4.72 Å². The maximum Gasteiger partial charge on any atom is 0.306 e. The summed E-state index contributed by atoms with van der Waals surface area (Å²) < 4.78 is 2.20. The van der Waals surface area contributed by atoms with Crippen LogP contribution in [-0.2, 0) is 4.79 Å². The van der Waals surface area contributed by atoms with Gasteiger partial charge in [0.15, 0.2) is 0 Å². The van der Waals surface area contributed by atoms with Crippen molar-refractivity contribution in [1.29, 1.82) is 0 Å². The highest BCUT2D eigenvalue weighted by atomic mass is 33.1. The van der Waals surface area contributed by atoms with Crippen LogP contribution in [0.15, 0.2) is 0 Å². The highest BCUT2D eigenvalue weighted by Gasteiger charge is 1.86. The van der Waals surface area contributed by atoms with Crippen LogP contribution in [0.2, 0.25) is 0 Å². The van der Waals surface area contributed by atoms with Crippen LogP contribution in [-0.4, -0.2) is 5.91 Å². The molecule has 0 saturated heterocycles. The first-order valence-corrected chi connectivity index (χ1v) is 3.25. The predicted molar refractivity (Wildman–Crippen MR) is 33.6 cm³/mol. The Hall–Kier alpha value is -0.270. The van der Waals surface area contributed by atoms with E-state index in [1.54, 1.807) is 0 Å². The zero-order valence-corrected chi connectivity index (χ0v) is 5.05. The minimum atomic E-state index is -0.458. The molecular weight excluding hydrogens is 130 g/mol. The highest BCUT2D eigenvalue weighted by molar-refractivity contribution is 8.68. The number of hydrogen-bond acceptors (Lipinski definition) is 3. The molecule has 1 N–H and O–H groups in total. The lowest BCUT2D eigenvalue weighted by molar-refractivity contribution is -0.113. The summed E-state index contributed by atoms with van der Waals surface area (Å²) in [6.07, 6.45) is 4.65. The molecule has 0 saturated carbocycles. The number of carbonyl (C=O) groups excluding carboxylic acids is 1. The van der Waals surface area contributed by atoms with Crippen LogP contribution < -0.4 is 4.72 Å². The Balaban J connectivity index is 3.24. The van der Waals surface area contributed by atoms with E-state index in [2.05, 4.69) is 22.8 Å². The lowest BCUT2D eigenvalue weighted by atomic mass is 10.7. The lowest BCUT2D eigenvalue weighted by Crippen LogP contribution is -2.09. The van der Waals surface area contributed by atoms with Crippen LogP contribution in [0, 0.1) is 12.3 Å². The van der Waals surface area contributed by atoms with Crippen LogP contribution in [0.1, 0.15) is 0 Å². The molecule has 2 nitrogen and oxygen atoms in total. The van der Waals surface area contributed by atoms with Gasteiger partial charge in [0.2, 0.25) is 0 Å². The number of rotatable bonds is 1. The molecule has 0 aliphatic heterocycles. The molecule has 0 aliphatic rings. The van der Waals surface area contributed by atoms with Gasteiger partial charge in [0, 0.05) is 11.0 Å². The van der Waals surface area contributed by atoms with Gasteiger partial charge in [-0.05, 0) is 5.92 Å². The molecule has 0 aromatic carbocycles. The molecule has 0 radical (unpaired) electrons. The molecule has 7 heavy (non-hydrogen) atoms. The smallest absolute Gasteiger partial charge is 0.280 e. The number of thiol groups is 1. The van der Waals surface area contributed by atoms with Crippen molar-refractivity contribution < 1.29 is 4.79 Å². The predicted octanol–water partition coefficient (Wildman–Crippen LogP) is 0.229. The second kappa shape index (κ2) is 3.90. The van der Waals surface area contributed by atoms with Gasteiger partial charge in [-0.25, -0.2) is 0 Å². The lowest BCUT2D eigenvalue weighted by Gasteiger charge is -1.85. The fraction of sp³-hybridized carbons (Fsp3) is 0. The third kappa shape index (κ3) is 3.56. The van der Waals surface area contributed by atoms with E-state index in [-0.39, 0.29) is 0 Å². The second-order valence-electron chi connectivity index (χ2n) is 0.667. The molecule has 0 aromatic heterocycles. The number of nitrogens with one attached hydrogen (secondary N) is 1. The first-order valence-electron chi connectivity index (χ1n) is 1.38. The molecule has 0 bridgehead atoms. The summed E-state index contributed by atoms with van der Waals surface area (Å²) in [4.78, 5) is 9.99. The van der Waals surface area contributed by atoms with Crippen molar-refractivity contribution in [3.63, 3.8) is 0 Å². The molecule has 0 aliphatic carbocycles. The fourth-order valence-electron chi connectivity index (χ4n) is 0.0709. The topological polar surface area (TPSA) is 29.1 Å². The molecule has 0 spiro atoms. The second-order valence-corrected chi connectivity index (χ2v) is 1.60. The Morgan fingerprint density at radius 1 is 2.00 bits per heavy atom. The first kappa shape index (κ1) is 6.73. The van der Waals surface area contributed by atoms with Crippen LogP contribution in [0.5, 0.6) is 0 Å². The largest absolute Gasteiger partial charge is 0.306 e. The van der Waals surface area contributed by atoms with Gasteiger partial charge in [-0.15, -0.1) is 6.42 Å². The Bertz CT molecular complexity index is 106. The van der Waals surface area contributed by atoms with Crippen molar-refractivity contribution in [2.75, 3.05) is 0 Å². The summed E-state index contributed by atoms with van der Waals surface area (Å²) in [7, 11) is 0.887.